The molecule has 0 radical (unpaired) electrons. The summed E-state index contributed by atoms with van der Waals surface area (Å²) in [6.45, 7) is 7.50. The van der Waals surface area contributed by atoms with Gasteiger partial charge in [-0.2, -0.15) is 0 Å². The summed E-state index contributed by atoms with van der Waals surface area (Å²) in [4.78, 5) is 15.3. The first kappa shape index (κ1) is 24.9. The first-order valence-electron chi connectivity index (χ1n) is 12.7. The van der Waals surface area contributed by atoms with Crippen LogP contribution in [0, 0.1) is 5.92 Å². The van der Waals surface area contributed by atoms with E-state index < -0.39 is 0 Å². The zero-order chi connectivity index (χ0) is 23.3. The number of rotatable bonds is 8. The number of carbonyl (C=O) groups excluding carboxylic acids is 1. The van der Waals surface area contributed by atoms with Crippen LogP contribution in [0.25, 0.3) is 11.1 Å². The molecular weight excluding hydrogens is 402 g/mol. The molecule has 1 saturated heterocycles. The van der Waals surface area contributed by atoms with Gasteiger partial charge >= 0.3 is 0 Å². The predicted octanol–water partition coefficient (Wildman–Crippen LogP) is 7.69. The lowest BCUT2D eigenvalue weighted by Gasteiger charge is -2.20. The SMILES string of the molecule is CC.O=C(CCC1CCCN(CCc2ccccc2)CC1)c1ccc(-c2ccccc2)cc1. The van der Waals surface area contributed by atoms with E-state index >= 15 is 0 Å². The van der Waals surface area contributed by atoms with Gasteiger partial charge in [0.15, 0.2) is 5.78 Å². The smallest absolute Gasteiger partial charge is 0.162 e. The maximum Gasteiger partial charge on any atom is 0.162 e. The van der Waals surface area contributed by atoms with Gasteiger partial charge in [-0.3, -0.25) is 4.79 Å². The molecule has 4 rings (SSSR count). The van der Waals surface area contributed by atoms with Gasteiger partial charge in [-0.1, -0.05) is 98.8 Å². The van der Waals surface area contributed by atoms with Crippen molar-refractivity contribution in [3.63, 3.8) is 0 Å². The fourth-order valence-corrected chi connectivity index (χ4v) is 4.63. The highest BCUT2D eigenvalue weighted by molar-refractivity contribution is 5.96. The van der Waals surface area contributed by atoms with Crippen molar-refractivity contribution in [1.82, 2.24) is 4.90 Å². The van der Waals surface area contributed by atoms with Gasteiger partial charge in [0.05, 0.1) is 0 Å². The van der Waals surface area contributed by atoms with Crippen molar-refractivity contribution in [1.29, 1.82) is 0 Å². The van der Waals surface area contributed by atoms with Crippen molar-refractivity contribution < 1.29 is 4.79 Å². The van der Waals surface area contributed by atoms with Gasteiger partial charge in [-0.05, 0) is 67.8 Å². The molecule has 1 heterocycles. The van der Waals surface area contributed by atoms with Gasteiger partial charge in [0.25, 0.3) is 0 Å². The quantitative estimate of drug-likeness (QED) is 0.334. The van der Waals surface area contributed by atoms with E-state index in [2.05, 4.69) is 59.5 Å². The van der Waals surface area contributed by atoms with Crippen LogP contribution in [0.15, 0.2) is 84.9 Å². The number of likely N-dealkylation sites (tertiary alicyclic amines) is 1. The van der Waals surface area contributed by atoms with Crippen LogP contribution in [0.1, 0.15) is 61.9 Å². The summed E-state index contributed by atoms with van der Waals surface area (Å²) in [5.41, 5.74) is 4.62. The first-order valence-corrected chi connectivity index (χ1v) is 12.7. The second-order valence-corrected chi connectivity index (χ2v) is 8.78. The second-order valence-electron chi connectivity index (χ2n) is 8.78. The van der Waals surface area contributed by atoms with Gasteiger partial charge in [-0.25, -0.2) is 0 Å². The Balaban J connectivity index is 0.00000149. The van der Waals surface area contributed by atoms with Gasteiger partial charge in [0.2, 0.25) is 0 Å². The Morgan fingerprint density at radius 2 is 1.42 bits per heavy atom. The molecule has 0 amide bonds. The third-order valence-corrected chi connectivity index (χ3v) is 6.59. The highest BCUT2D eigenvalue weighted by Crippen LogP contribution is 2.24. The summed E-state index contributed by atoms with van der Waals surface area (Å²) in [6.07, 6.45) is 6.53. The summed E-state index contributed by atoms with van der Waals surface area (Å²) >= 11 is 0. The molecule has 3 aromatic carbocycles. The number of hydrogen-bond donors (Lipinski definition) is 0. The Bertz CT molecular complexity index is 934. The Hall–Kier alpha value is -2.71. The molecule has 0 bridgehead atoms. The van der Waals surface area contributed by atoms with Crippen LogP contribution in [0.2, 0.25) is 0 Å². The maximum atomic E-state index is 12.7. The Kier molecular flexibility index (Phi) is 10.4. The van der Waals surface area contributed by atoms with Crippen LogP contribution in [0.3, 0.4) is 0 Å². The van der Waals surface area contributed by atoms with E-state index in [1.165, 1.54) is 36.9 Å². The highest BCUT2D eigenvalue weighted by atomic mass is 16.1. The van der Waals surface area contributed by atoms with E-state index in [0.29, 0.717) is 12.3 Å². The van der Waals surface area contributed by atoms with Crippen LogP contribution in [-0.4, -0.2) is 30.3 Å². The number of benzene rings is 3. The molecule has 0 spiro atoms. The predicted molar refractivity (Wildman–Crippen MR) is 141 cm³/mol. The lowest BCUT2D eigenvalue weighted by atomic mass is 9.92. The van der Waals surface area contributed by atoms with E-state index in [4.69, 9.17) is 0 Å². The summed E-state index contributed by atoms with van der Waals surface area (Å²) in [5, 5.41) is 0. The molecule has 0 aromatic heterocycles. The topological polar surface area (TPSA) is 20.3 Å². The van der Waals surface area contributed by atoms with Crippen molar-refractivity contribution >= 4 is 5.78 Å². The Labute approximate surface area is 200 Å². The minimum absolute atomic E-state index is 0.282. The summed E-state index contributed by atoms with van der Waals surface area (Å²) in [6, 6.07) is 29.2. The molecule has 1 atom stereocenters. The number of hydrogen-bond acceptors (Lipinski definition) is 2. The minimum atomic E-state index is 0.282. The van der Waals surface area contributed by atoms with Gasteiger partial charge in [0, 0.05) is 18.5 Å². The monoisotopic (exact) mass is 441 g/mol. The van der Waals surface area contributed by atoms with E-state index in [-0.39, 0.29) is 5.78 Å². The van der Waals surface area contributed by atoms with Crippen molar-refractivity contribution in [3.05, 3.63) is 96.1 Å². The standard InChI is InChI=1S/C29H33NO.C2H6/c31-29(28-16-14-27(15-17-28)26-11-5-2-6-12-26)18-13-25-10-7-21-30(23-20-25)22-19-24-8-3-1-4-9-24;1-2/h1-6,8-9,11-12,14-17,25H,7,10,13,18-23H2;1-2H3. The van der Waals surface area contributed by atoms with E-state index in [1.807, 2.05) is 44.2 Å². The number of carbonyl (C=O) groups is 1. The summed E-state index contributed by atoms with van der Waals surface area (Å²) < 4.78 is 0. The third kappa shape index (κ3) is 7.98. The van der Waals surface area contributed by atoms with Crippen LogP contribution < -0.4 is 0 Å². The van der Waals surface area contributed by atoms with E-state index in [0.717, 1.165) is 37.1 Å². The number of ketones is 1. The molecule has 2 heteroatoms. The normalized spacial score (nSPS) is 16.4. The van der Waals surface area contributed by atoms with E-state index in [9.17, 15) is 4.79 Å². The maximum absolute atomic E-state index is 12.7. The molecule has 0 saturated carbocycles. The van der Waals surface area contributed by atoms with Crippen molar-refractivity contribution in [2.45, 2.75) is 52.4 Å². The Morgan fingerprint density at radius 1 is 0.788 bits per heavy atom. The molecule has 3 aromatic rings. The molecule has 1 aliphatic rings. The van der Waals surface area contributed by atoms with Gasteiger partial charge < -0.3 is 4.90 Å². The second kappa shape index (κ2) is 13.7. The van der Waals surface area contributed by atoms with Crippen LogP contribution in [0.5, 0.6) is 0 Å². The third-order valence-electron chi connectivity index (χ3n) is 6.59. The highest BCUT2D eigenvalue weighted by Gasteiger charge is 2.18. The van der Waals surface area contributed by atoms with Crippen molar-refractivity contribution in [2.75, 3.05) is 19.6 Å². The number of nitrogens with zero attached hydrogens (tertiary/aromatic N) is 1. The number of Topliss-reactive ketones (excluding diaryl/α,β-unsaturated/α-hetero) is 1. The lowest BCUT2D eigenvalue weighted by Crippen LogP contribution is -2.27. The minimum Gasteiger partial charge on any atom is -0.303 e. The van der Waals surface area contributed by atoms with Gasteiger partial charge in [0.1, 0.15) is 0 Å². The summed E-state index contributed by atoms with van der Waals surface area (Å²) in [7, 11) is 0. The fraction of sp³-hybridized carbons (Fsp3) is 0.387. The summed E-state index contributed by atoms with van der Waals surface area (Å²) in [5.74, 6) is 0.957. The molecule has 33 heavy (non-hydrogen) atoms. The first-order chi connectivity index (χ1) is 16.3. The average molecular weight is 442 g/mol. The molecule has 2 nitrogen and oxygen atoms in total. The Morgan fingerprint density at radius 3 is 2.12 bits per heavy atom. The average Bonchev–Trinajstić information content (AvgIpc) is 3.13. The lowest BCUT2D eigenvalue weighted by molar-refractivity contribution is 0.0972. The molecule has 1 fully saturated rings. The zero-order valence-corrected chi connectivity index (χ0v) is 20.4. The fourth-order valence-electron chi connectivity index (χ4n) is 4.63. The molecule has 0 N–H and O–H groups in total. The van der Waals surface area contributed by atoms with Crippen LogP contribution >= 0.6 is 0 Å². The van der Waals surface area contributed by atoms with Crippen LogP contribution in [-0.2, 0) is 6.42 Å². The van der Waals surface area contributed by atoms with Crippen molar-refractivity contribution in [3.8, 4) is 11.1 Å². The zero-order valence-electron chi connectivity index (χ0n) is 20.4. The van der Waals surface area contributed by atoms with Crippen LogP contribution in [0.4, 0.5) is 0 Å². The van der Waals surface area contributed by atoms with Crippen molar-refractivity contribution in [2.24, 2.45) is 5.92 Å². The van der Waals surface area contributed by atoms with E-state index in [1.54, 1.807) is 0 Å². The molecule has 174 valence electrons. The molecule has 1 unspecified atom stereocenters. The molecule has 1 aliphatic heterocycles. The largest absolute Gasteiger partial charge is 0.303 e. The van der Waals surface area contributed by atoms with Gasteiger partial charge in [-0.15, -0.1) is 0 Å². The molecular formula is C31H39NO. The molecule has 0 aliphatic carbocycles.